The number of carbonyl (C=O) groups is 1. The summed E-state index contributed by atoms with van der Waals surface area (Å²) in [7, 11) is 0. The first-order valence-corrected chi connectivity index (χ1v) is 10.9. The van der Waals surface area contributed by atoms with E-state index in [4.69, 9.17) is 0 Å². The Hall–Kier alpha value is -3.58. The van der Waals surface area contributed by atoms with Gasteiger partial charge >= 0.3 is 0 Å². The Balaban J connectivity index is 1.56. The molecule has 0 saturated carbocycles. The zero-order chi connectivity index (χ0) is 21.6. The lowest BCUT2D eigenvalue weighted by Gasteiger charge is -2.23. The minimum Gasteiger partial charge on any atom is -0.508 e. The van der Waals surface area contributed by atoms with Gasteiger partial charge in [-0.2, -0.15) is 0 Å². The minimum atomic E-state index is -0.0424. The highest BCUT2D eigenvalue weighted by Gasteiger charge is 2.20. The second-order valence-electron chi connectivity index (χ2n) is 6.79. The molecular formula is C24H22N4O2S. The van der Waals surface area contributed by atoms with Gasteiger partial charge in [0.1, 0.15) is 5.75 Å². The second-order valence-corrected chi connectivity index (χ2v) is 7.73. The van der Waals surface area contributed by atoms with Crippen LogP contribution >= 0.6 is 11.8 Å². The Labute approximate surface area is 185 Å². The molecule has 0 unspecified atom stereocenters. The van der Waals surface area contributed by atoms with Crippen LogP contribution in [0.1, 0.15) is 6.92 Å². The fourth-order valence-corrected chi connectivity index (χ4v) is 4.14. The van der Waals surface area contributed by atoms with E-state index in [0.29, 0.717) is 17.5 Å². The highest BCUT2D eigenvalue weighted by Crippen LogP contribution is 2.29. The van der Waals surface area contributed by atoms with Crippen molar-refractivity contribution in [2.75, 3.05) is 10.7 Å². The topological polar surface area (TPSA) is 71.2 Å². The molecule has 1 amide bonds. The molecule has 0 atom stereocenters. The molecule has 0 aliphatic rings. The Morgan fingerprint density at radius 3 is 2.03 bits per heavy atom. The number of thioether (sulfide) groups is 1. The number of aromatic hydroxyl groups is 1. The van der Waals surface area contributed by atoms with E-state index < -0.39 is 0 Å². The van der Waals surface area contributed by atoms with E-state index in [-0.39, 0.29) is 17.4 Å². The third kappa shape index (κ3) is 4.62. The first kappa shape index (κ1) is 20.7. The highest BCUT2D eigenvalue weighted by molar-refractivity contribution is 7.99. The number of benzene rings is 3. The van der Waals surface area contributed by atoms with Crippen molar-refractivity contribution in [2.24, 2.45) is 0 Å². The Kier molecular flexibility index (Phi) is 6.33. The molecule has 4 aromatic rings. The Bertz CT molecular complexity index is 1110. The number of para-hydroxylation sites is 2. The highest BCUT2D eigenvalue weighted by atomic mass is 32.2. The first-order chi connectivity index (χ1) is 15.2. The summed E-state index contributed by atoms with van der Waals surface area (Å²) in [6, 6.07) is 26.1. The molecule has 0 spiro atoms. The van der Waals surface area contributed by atoms with Crippen molar-refractivity contribution in [3.63, 3.8) is 0 Å². The second kappa shape index (κ2) is 9.49. The third-order valence-electron chi connectivity index (χ3n) is 4.76. The van der Waals surface area contributed by atoms with Gasteiger partial charge in [-0.3, -0.25) is 9.69 Å². The van der Waals surface area contributed by atoms with Crippen molar-refractivity contribution in [1.29, 1.82) is 0 Å². The molecule has 1 N–H and O–H groups in total. The summed E-state index contributed by atoms with van der Waals surface area (Å²) in [5, 5.41) is 18.8. The van der Waals surface area contributed by atoms with E-state index in [0.717, 1.165) is 16.9 Å². The van der Waals surface area contributed by atoms with E-state index in [2.05, 4.69) is 10.2 Å². The molecular weight excluding hydrogens is 408 g/mol. The molecule has 4 rings (SSSR count). The van der Waals surface area contributed by atoms with Gasteiger partial charge in [-0.25, -0.2) is 0 Å². The molecule has 0 aliphatic heterocycles. The van der Waals surface area contributed by atoms with Gasteiger partial charge in [0.05, 0.1) is 5.75 Å². The predicted molar refractivity (Wildman–Crippen MR) is 124 cm³/mol. The van der Waals surface area contributed by atoms with Crippen LogP contribution in [0, 0.1) is 0 Å². The Morgan fingerprint density at radius 1 is 0.903 bits per heavy atom. The largest absolute Gasteiger partial charge is 0.508 e. The Morgan fingerprint density at radius 2 is 1.48 bits per heavy atom. The van der Waals surface area contributed by atoms with Crippen LogP contribution in [0.4, 0.5) is 11.4 Å². The van der Waals surface area contributed by atoms with Crippen molar-refractivity contribution in [1.82, 2.24) is 14.8 Å². The fraction of sp³-hybridized carbons (Fsp3) is 0.125. The van der Waals surface area contributed by atoms with Gasteiger partial charge in [0.15, 0.2) is 11.0 Å². The predicted octanol–water partition coefficient (Wildman–Crippen LogP) is 5.13. The molecule has 6 nitrogen and oxygen atoms in total. The van der Waals surface area contributed by atoms with Gasteiger partial charge in [-0.15, -0.1) is 10.2 Å². The lowest BCUT2D eigenvalue weighted by atomic mass is 10.2. The molecule has 0 radical (unpaired) electrons. The van der Waals surface area contributed by atoms with E-state index in [9.17, 15) is 9.90 Å². The molecule has 1 aromatic heterocycles. The minimum absolute atomic E-state index is 0.0424. The number of amides is 1. The smallest absolute Gasteiger partial charge is 0.242 e. The normalized spacial score (nSPS) is 10.7. The maximum Gasteiger partial charge on any atom is 0.242 e. The van der Waals surface area contributed by atoms with Gasteiger partial charge < -0.3 is 9.67 Å². The summed E-state index contributed by atoms with van der Waals surface area (Å²) in [5.41, 5.74) is 2.50. The van der Waals surface area contributed by atoms with Crippen molar-refractivity contribution < 1.29 is 9.90 Å². The monoisotopic (exact) mass is 430 g/mol. The van der Waals surface area contributed by atoms with Crippen molar-refractivity contribution in [2.45, 2.75) is 18.6 Å². The average Bonchev–Trinajstić information content (AvgIpc) is 3.23. The lowest BCUT2D eigenvalue weighted by molar-refractivity contribution is -0.115. The molecule has 0 bridgehead atoms. The third-order valence-corrected chi connectivity index (χ3v) is 5.71. The zero-order valence-electron chi connectivity index (χ0n) is 17.0. The van der Waals surface area contributed by atoms with Crippen molar-refractivity contribution in [3.8, 4) is 17.1 Å². The SMILES string of the molecule is CCn1c(SCC(=O)N(c2ccccc2)c2ccccc2)nnc1-c1ccc(O)cc1. The molecule has 1 heterocycles. The summed E-state index contributed by atoms with van der Waals surface area (Å²) < 4.78 is 1.97. The zero-order valence-corrected chi connectivity index (χ0v) is 17.9. The number of hydrogen-bond donors (Lipinski definition) is 1. The van der Waals surface area contributed by atoms with E-state index in [1.807, 2.05) is 72.2 Å². The summed E-state index contributed by atoms with van der Waals surface area (Å²) in [6.45, 7) is 2.68. The maximum absolute atomic E-state index is 13.3. The van der Waals surface area contributed by atoms with Gasteiger partial charge in [0.2, 0.25) is 5.91 Å². The lowest BCUT2D eigenvalue weighted by Crippen LogP contribution is -2.27. The number of phenolic OH excluding ortho intramolecular Hbond substituents is 1. The standard InChI is InChI=1S/C24H22N4O2S/c1-2-27-23(18-13-15-21(29)16-14-18)25-26-24(27)31-17-22(30)28(19-9-5-3-6-10-19)20-11-7-4-8-12-20/h3-16,29H,2,17H2,1H3. The first-order valence-electron chi connectivity index (χ1n) is 9.96. The van der Waals surface area contributed by atoms with Gasteiger partial charge in [0.25, 0.3) is 0 Å². The number of phenols is 1. The van der Waals surface area contributed by atoms with Crippen LogP contribution in [0.3, 0.4) is 0 Å². The van der Waals surface area contributed by atoms with Crippen LogP contribution in [-0.4, -0.2) is 31.5 Å². The number of hydrogen-bond acceptors (Lipinski definition) is 5. The van der Waals surface area contributed by atoms with Gasteiger partial charge in [-0.05, 0) is 55.5 Å². The summed E-state index contributed by atoms with van der Waals surface area (Å²) in [4.78, 5) is 15.0. The average molecular weight is 431 g/mol. The number of nitrogens with zero attached hydrogens (tertiary/aromatic N) is 4. The quantitative estimate of drug-likeness (QED) is 0.412. The van der Waals surface area contributed by atoms with Crippen LogP contribution in [-0.2, 0) is 11.3 Å². The number of carbonyl (C=O) groups excluding carboxylic acids is 1. The number of rotatable bonds is 7. The molecule has 0 saturated heterocycles. The summed E-state index contributed by atoms with van der Waals surface area (Å²) in [5.74, 6) is 1.09. The molecule has 3 aromatic carbocycles. The van der Waals surface area contributed by atoms with Crippen LogP contribution in [0.25, 0.3) is 11.4 Å². The van der Waals surface area contributed by atoms with Crippen LogP contribution < -0.4 is 4.90 Å². The molecule has 31 heavy (non-hydrogen) atoms. The van der Waals surface area contributed by atoms with Gasteiger partial charge in [-0.1, -0.05) is 48.2 Å². The van der Waals surface area contributed by atoms with Crippen LogP contribution in [0.5, 0.6) is 5.75 Å². The van der Waals surface area contributed by atoms with Crippen LogP contribution in [0.2, 0.25) is 0 Å². The molecule has 0 fully saturated rings. The molecule has 0 aliphatic carbocycles. The van der Waals surface area contributed by atoms with Gasteiger partial charge in [0, 0.05) is 23.5 Å². The number of aromatic nitrogens is 3. The van der Waals surface area contributed by atoms with Crippen LogP contribution in [0.15, 0.2) is 90.1 Å². The van der Waals surface area contributed by atoms with E-state index >= 15 is 0 Å². The summed E-state index contributed by atoms with van der Waals surface area (Å²) in [6.07, 6.45) is 0. The summed E-state index contributed by atoms with van der Waals surface area (Å²) >= 11 is 1.36. The fourth-order valence-electron chi connectivity index (χ4n) is 3.29. The van der Waals surface area contributed by atoms with Crippen molar-refractivity contribution >= 4 is 29.0 Å². The maximum atomic E-state index is 13.3. The molecule has 156 valence electrons. The van der Waals surface area contributed by atoms with E-state index in [1.54, 1.807) is 29.2 Å². The number of anilines is 2. The van der Waals surface area contributed by atoms with Crippen molar-refractivity contribution in [3.05, 3.63) is 84.9 Å². The molecule has 7 heteroatoms. The van der Waals surface area contributed by atoms with E-state index in [1.165, 1.54) is 11.8 Å².